The highest BCUT2D eigenvalue weighted by Crippen LogP contribution is 2.31. The van der Waals surface area contributed by atoms with Crippen LogP contribution in [0.15, 0.2) is 18.2 Å². The molecule has 0 aliphatic heterocycles. The molecule has 2 rings (SSSR count). The number of rotatable bonds is 0. The minimum atomic E-state index is -4.04. The van der Waals surface area contributed by atoms with Gasteiger partial charge in [0.05, 0.1) is 0 Å². The Kier molecular flexibility index (Phi) is 3.94. The van der Waals surface area contributed by atoms with Crippen molar-refractivity contribution in [2.45, 2.75) is 32.9 Å². The first-order valence-electron chi connectivity index (χ1n) is 5.31. The maximum atomic E-state index is 11.6. The molecule has 1 aromatic carbocycles. The summed E-state index contributed by atoms with van der Waals surface area (Å²) in [4.78, 5) is 19.5. The van der Waals surface area contributed by atoms with Crippen molar-refractivity contribution in [2.75, 3.05) is 0 Å². The molecule has 0 unspecified atom stereocenters. The number of alkyl halides is 3. The summed E-state index contributed by atoms with van der Waals surface area (Å²) in [5.74, 6) is -7.89. The molecule has 0 bridgehead atoms. The molecule has 1 fully saturated rings. The molecular formula is C13H13F3O2. The molecule has 0 saturated heterocycles. The van der Waals surface area contributed by atoms with Crippen molar-refractivity contribution in [1.82, 2.24) is 0 Å². The van der Waals surface area contributed by atoms with Crippen LogP contribution in [-0.4, -0.2) is 23.7 Å². The predicted molar refractivity (Wildman–Crippen MR) is 60.5 cm³/mol. The zero-order valence-corrected chi connectivity index (χ0v) is 10.3. The van der Waals surface area contributed by atoms with Crippen LogP contribution in [0.5, 0.6) is 0 Å². The third-order valence-electron chi connectivity index (χ3n) is 2.45. The van der Waals surface area contributed by atoms with Gasteiger partial charge in [-0.1, -0.05) is 34.9 Å². The van der Waals surface area contributed by atoms with Crippen molar-refractivity contribution in [1.29, 1.82) is 0 Å². The van der Waals surface area contributed by atoms with Crippen LogP contribution < -0.4 is 0 Å². The third kappa shape index (κ3) is 2.78. The minimum Gasteiger partial charge on any atom is -0.289 e. The van der Waals surface area contributed by atoms with Crippen LogP contribution in [0.2, 0.25) is 0 Å². The van der Waals surface area contributed by atoms with E-state index in [4.69, 9.17) is 0 Å². The Bertz CT molecular complexity index is 427. The van der Waals surface area contributed by atoms with Gasteiger partial charge < -0.3 is 0 Å². The van der Waals surface area contributed by atoms with E-state index in [1.165, 1.54) is 16.7 Å². The van der Waals surface area contributed by atoms with Crippen molar-refractivity contribution >= 4 is 11.6 Å². The highest BCUT2D eigenvalue weighted by molar-refractivity contribution is 6.31. The number of carbonyl (C=O) groups excluding carboxylic acids is 2. The molecule has 0 radical (unpaired) electrons. The van der Waals surface area contributed by atoms with Gasteiger partial charge in [-0.3, -0.25) is 9.59 Å². The quantitative estimate of drug-likeness (QED) is 0.670. The van der Waals surface area contributed by atoms with Gasteiger partial charge in [-0.2, -0.15) is 8.78 Å². The second-order valence-corrected chi connectivity index (χ2v) is 4.33. The lowest BCUT2D eigenvalue weighted by Gasteiger charge is -2.24. The van der Waals surface area contributed by atoms with E-state index in [9.17, 15) is 22.8 Å². The first-order valence-corrected chi connectivity index (χ1v) is 5.31. The molecule has 1 aliphatic rings. The van der Waals surface area contributed by atoms with E-state index < -0.39 is 23.7 Å². The summed E-state index contributed by atoms with van der Waals surface area (Å²) in [5, 5.41) is 0. The standard InChI is InChI=1S/C9H12.C4HF3O2/c1-7-4-8(2)6-9(3)5-7;5-1-2(8)4(6,7)3(1)9/h4-6H,1-3H3;1H. The predicted octanol–water partition coefficient (Wildman–Crippen LogP) is 2.72. The molecule has 0 aromatic heterocycles. The van der Waals surface area contributed by atoms with Crippen LogP contribution in [0, 0.1) is 20.8 Å². The number of hydrogen-bond acceptors (Lipinski definition) is 2. The molecule has 0 heterocycles. The molecule has 18 heavy (non-hydrogen) atoms. The molecule has 2 nitrogen and oxygen atoms in total. The number of hydrogen-bond donors (Lipinski definition) is 0. The average Bonchev–Trinajstić information content (AvgIpc) is 2.25. The summed E-state index contributed by atoms with van der Waals surface area (Å²) in [6.07, 6.45) is -2.58. The Morgan fingerprint density at radius 1 is 0.889 bits per heavy atom. The van der Waals surface area contributed by atoms with Gasteiger partial charge in [0.25, 0.3) is 11.6 Å². The lowest BCUT2D eigenvalue weighted by Crippen LogP contribution is -2.60. The average molecular weight is 258 g/mol. The first-order chi connectivity index (χ1) is 8.16. The van der Waals surface area contributed by atoms with Gasteiger partial charge in [0, 0.05) is 0 Å². The number of Topliss-reactive ketones (excluding diaryl/α,β-unsaturated/α-hetero) is 2. The van der Waals surface area contributed by atoms with Crippen molar-refractivity contribution in [2.24, 2.45) is 0 Å². The Balaban J connectivity index is 0.000000180. The topological polar surface area (TPSA) is 34.1 Å². The molecule has 98 valence electrons. The third-order valence-corrected chi connectivity index (χ3v) is 2.45. The summed E-state index contributed by atoms with van der Waals surface area (Å²) in [5.41, 5.74) is 4.06. The molecule has 5 heteroatoms. The number of aryl methyl sites for hydroxylation is 3. The molecular weight excluding hydrogens is 245 g/mol. The van der Waals surface area contributed by atoms with Gasteiger partial charge in [0.15, 0.2) is 0 Å². The Labute approximate surface area is 103 Å². The Morgan fingerprint density at radius 3 is 1.33 bits per heavy atom. The lowest BCUT2D eigenvalue weighted by atomic mass is 9.89. The van der Waals surface area contributed by atoms with E-state index >= 15 is 0 Å². The van der Waals surface area contributed by atoms with Crippen molar-refractivity contribution in [3.8, 4) is 0 Å². The van der Waals surface area contributed by atoms with Crippen molar-refractivity contribution in [3.63, 3.8) is 0 Å². The number of ketones is 2. The molecule has 0 spiro atoms. The Hall–Kier alpha value is -1.65. The zero-order valence-electron chi connectivity index (χ0n) is 10.3. The maximum Gasteiger partial charge on any atom is 0.369 e. The summed E-state index contributed by atoms with van der Waals surface area (Å²) in [6, 6.07) is 6.56. The minimum absolute atomic E-state index is 1.35. The fraction of sp³-hybridized carbons (Fsp3) is 0.385. The van der Waals surface area contributed by atoms with Crippen LogP contribution in [-0.2, 0) is 9.59 Å². The highest BCUT2D eigenvalue weighted by Gasteiger charge is 2.66. The van der Waals surface area contributed by atoms with Gasteiger partial charge in [0.1, 0.15) is 0 Å². The van der Waals surface area contributed by atoms with E-state index in [1.807, 2.05) is 0 Å². The van der Waals surface area contributed by atoms with Crippen LogP contribution >= 0.6 is 0 Å². The SMILES string of the molecule is Cc1cc(C)cc(C)c1.O=C1C(F)C(=O)C1(F)F. The first kappa shape index (κ1) is 14.4. The zero-order chi connectivity index (χ0) is 14.1. The normalized spacial score (nSPS) is 17.9. The summed E-state index contributed by atoms with van der Waals surface area (Å²) in [7, 11) is 0. The summed E-state index contributed by atoms with van der Waals surface area (Å²) < 4.78 is 34.9. The van der Waals surface area contributed by atoms with Crippen molar-refractivity contribution < 1.29 is 22.8 Å². The van der Waals surface area contributed by atoms with Gasteiger partial charge in [-0.05, 0) is 20.8 Å². The fourth-order valence-electron chi connectivity index (χ4n) is 1.68. The molecule has 0 N–H and O–H groups in total. The van der Waals surface area contributed by atoms with E-state index in [-0.39, 0.29) is 0 Å². The van der Waals surface area contributed by atoms with E-state index in [0.717, 1.165) is 0 Å². The smallest absolute Gasteiger partial charge is 0.289 e. The van der Waals surface area contributed by atoms with Crippen molar-refractivity contribution in [3.05, 3.63) is 34.9 Å². The van der Waals surface area contributed by atoms with E-state index in [0.29, 0.717) is 0 Å². The van der Waals surface area contributed by atoms with Crippen LogP contribution in [0.1, 0.15) is 16.7 Å². The van der Waals surface area contributed by atoms with E-state index in [1.54, 1.807) is 0 Å². The van der Waals surface area contributed by atoms with E-state index in [2.05, 4.69) is 39.0 Å². The second kappa shape index (κ2) is 4.92. The Morgan fingerprint density at radius 2 is 1.17 bits per heavy atom. The van der Waals surface area contributed by atoms with Crippen LogP contribution in [0.25, 0.3) is 0 Å². The maximum absolute atomic E-state index is 11.6. The number of halogens is 3. The van der Waals surface area contributed by atoms with Crippen LogP contribution in [0.4, 0.5) is 13.2 Å². The van der Waals surface area contributed by atoms with Gasteiger partial charge in [-0.25, -0.2) is 4.39 Å². The van der Waals surface area contributed by atoms with Gasteiger partial charge >= 0.3 is 5.92 Å². The largest absolute Gasteiger partial charge is 0.369 e. The molecule has 1 aliphatic carbocycles. The molecule has 1 saturated carbocycles. The molecule has 0 amide bonds. The number of benzene rings is 1. The molecule has 0 atom stereocenters. The van der Waals surface area contributed by atoms with Gasteiger partial charge in [0.2, 0.25) is 6.17 Å². The highest BCUT2D eigenvalue weighted by atomic mass is 19.3. The summed E-state index contributed by atoms with van der Waals surface area (Å²) >= 11 is 0. The summed E-state index contributed by atoms with van der Waals surface area (Å²) in [6.45, 7) is 6.38. The van der Waals surface area contributed by atoms with Gasteiger partial charge in [-0.15, -0.1) is 0 Å². The molecule has 1 aromatic rings. The second-order valence-electron chi connectivity index (χ2n) is 4.33. The monoisotopic (exact) mass is 258 g/mol. The number of carbonyl (C=O) groups is 2. The van der Waals surface area contributed by atoms with Crippen LogP contribution in [0.3, 0.4) is 0 Å². The fourth-order valence-corrected chi connectivity index (χ4v) is 1.68. The lowest BCUT2D eigenvalue weighted by molar-refractivity contribution is -0.179.